The molecule has 0 amide bonds. The quantitative estimate of drug-likeness (QED) is 0.548. The summed E-state index contributed by atoms with van der Waals surface area (Å²) in [6.45, 7) is 10.4. The highest BCUT2D eigenvalue weighted by molar-refractivity contribution is 5.80. The summed E-state index contributed by atoms with van der Waals surface area (Å²) in [6, 6.07) is 9.15. The first kappa shape index (κ1) is 21.3. The minimum Gasteiger partial charge on any atom is -0.359 e. The molecule has 6 nitrogen and oxygen atoms in total. The summed E-state index contributed by atoms with van der Waals surface area (Å²) in [5, 5.41) is 11.0. The van der Waals surface area contributed by atoms with Crippen LogP contribution in [0.1, 0.15) is 56.5 Å². The molecule has 2 aromatic rings. The van der Waals surface area contributed by atoms with Gasteiger partial charge in [0.2, 0.25) is 0 Å². The molecule has 0 spiro atoms. The molecule has 158 valence electrons. The monoisotopic (exact) mass is 401 g/mol. The molecule has 2 heterocycles. The van der Waals surface area contributed by atoms with Crippen molar-refractivity contribution < 1.29 is 8.91 Å². The van der Waals surface area contributed by atoms with Gasteiger partial charge < -0.3 is 15.2 Å². The van der Waals surface area contributed by atoms with E-state index in [-0.39, 0.29) is 5.82 Å². The predicted molar refractivity (Wildman–Crippen MR) is 113 cm³/mol. The van der Waals surface area contributed by atoms with E-state index in [1.54, 1.807) is 0 Å². The first-order chi connectivity index (χ1) is 14.0. The summed E-state index contributed by atoms with van der Waals surface area (Å²) in [5.74, 6) is 1.76. The third kappa shape index (κ3) is 6.56. The van der Waals surface area contributed by atoms with Gasteiger partial charge in [0.25, 0.3) is 0 Å². The maximum atomic E-state index is 13.1. The highest BCUT2D eigenvalue weighted by atomic mass is 19.1. The van der Waals surface area contributed by atoms with Crippen LogP contribution in [-0.4, -0.2) is 41.7 Å². The number of rotatable bonds is 7. The van der Waals surface area contributed by atoms with E-state index in [1.165, 1.54) is 12.1 Å². The summed E-state index contributed by atoms with van der Waals surface area (Å²) in [4.78, 5) is 7.07. The molecule has 1 fully saturated rings. The van der Waals surface area contributed by atoms with Crippen molar-refractivity contribution in [2.75, 3.05) is 19.6 Å². The van der Waals surface area contributed by atoms with Gasteiger partial charge in [-0.25, -0.2) is 9.38 Å². The van der Waals surface area contributed by atoms with Gasteiger partial charge in [0.05, 0.1) is 5.69 Å². The van der Waals surface area contributed by atoms with Crippen molar-refractivity contribution in [2.24, 2.45) is 4.99 Å². The van der Waals surface area contributed by atoms with Crippen LogP contribution in [0, 0.1) is 5.82 Å². The number of aromatic nitrogens is 1. The Hall–Kier alpha value is -2.41. The number of benzene rings is 1. The first-order valence-electron chi connectivity index (χ1n) is 10.5. The molecular weight excluding hydrogens is 369 g/mol. The van der Waals surface area contributed by atoms with Crippen molar-refractivity contribution >= 4 is 5.96 Å². The van der Waals surface area contributed by atoms with Gasteiger partial charge in [-0.15, -0.1) is 0 Å². The Morgan fingerprint density at radius 1 is 1.28 bits per heavy atom. The lowest BCUT2D eigenvalue weighted by molar-refractivity contribution is 0.198. The van der Waals surface area contributed by atoms with Gasteiger partial charge in [0, 0.05) is 38.3 Å². The number of guanidine groups is 1. The topological polar surface area (TPSA) is 65.7 Å². The number of likely N-dealkylation sites (tertiary alicyclic amines) is 1. The molecule has 0 unspecified atom stereocenters. The molecular formula is C22H32FN5O. The molecule has 7 heteroatoms. The molecule has 0 atom stereocenters. The van der Waals surface area contributed by atoms with Crippen LogP contribution in [-0.2, 0) is 13.1 Å². The number of nitrogens with one attached hydrogen (secondary N) is 2. The van der Waals surface area contributed by atoms with E-state index < -0.39 is 0 Å². The van der Waals surface area contributed by atoms with E-state index in [2.05, 4.69) is 46.5 Å². The zero-order valence-corrected chi connectivity index (χ0v) is 17.6. The molecule has 0 bridgehead atoms. The fourth-order valence-electron chi connectivity index (χ4n) is 3.43. The van der Waals surface area contributed by atoms with Crippen LogP contribution in [0.15, 0.2) is 39.8 Å². The number of halogens is 1. The highest BCUT2D eigenvalue weighted by Gasteiger charge is 2.20. The Morgan fingerprint density at radius 2 is 2.00 bits per heavy atom. The first-order valence-corrected chi connectivity index (χ1v) is 10.5. The van der Waals surface area contributed by atoms with E-state index in [1.807, 2.05) is 18.2 Å². The Morgan fingerprint density at radius 3 is 2.62 bits per heavy atom. The third-order valence-electron chi connectivity index (χ3n) is 5.15. The van der Waals surface area contributed by atoms with E-state index in [4.69, 9.17) is 4.52 Å². The van der Waals surface area contributed by atoms with Gasteiger partial charge in [-0.1, -0.05) is 31.1 Å². The van der Waals surface area contributed by atoms with Crippen molar-refractivity contribution in [1.29, 1.82) is 0 Å². The molecule has 2 N–H and O–H groups in total. The van der Waals surface area contributed by atoms with Crippen molar-refractivity contribution in [1.82, 2.24) is 20.7 Å². The van der Waals surface area contributed by atoms with Crippen LogP contribution in [0.2, 0.25) is 0 Å². The Kier molecular flexibility index (Phi) is 7.63. The zero-order chi connectivity index (χ0) is 20.6. The van der Waals surface area contributed by atoms with Crippen molar-refractivity contribution in [3.8, 4) is 0 Å². The van der Waals surface area contributed by atoms with Crippen LogP contribution in [0.3, 0.4) is 0 Å². The number of hydrogen-bond donors (Lipinski definition) is 2. The molecule has 29 heavy (non-hydrogen) atoms. The highest BCUT2D eigenvalue weighted by Crippen LogP contribution is 2.16. The second-order valence-corrected chi connectivity index (χ2v) is 7.89. The normalized spacial score (nSPS) is 16.4. The minimum atomic E-state index is -0.183. The largest absolute Gasteiger partial charge is 0.359 e. The molecule has 1 saturated heterocycles. The van der Waals surface area contributed by atoms with E-state index in [9.17, 15) is 4.39 Å². The Bertz CT molecular complexity index is 779. The average Bonchev–Trinajstić information content (AvgIpc) is 3.19. The molecule has 0 radical (unpaired) electrons. The standard InChI is InChI=1S/C22H32FN5O/c1-4-24-22(25-14-20-13-21(16(2)3)27-29-20)26-19-9-11-28(12-10-19)15-17-5-7-18(23)8-6-17/h5-8,13,16,19H,4,9-12,14-15H2,1-3H3,(H2,24,25,26). The van der Waals surface area contributed by atoms with E-state index in [0.29, 0.717) is 18.5 Å². The maximum absolute atomic E-state index is 13.1. The smallest absolute Gasteiger partial charge is 0.191 e. The fraction of sp³-hybridized carbons (Fsp3) is 0.545. The molecule has 0 saturated carbocycles. The summed E-state index contributed by atoms with van der Waals surface area (Å²) in [5.41, 5.74) is 2.11. The number of nitrogens with zero attached hydrogens (tertiary/aromatic N) is 3. The SMILES string of the molecule is CCNC(=NCc1cc(C(C)C)no1)NC1CCN(Cc2ccc(F)cc2)CC1. The van der Waals surface area contributed by atoms with Gasteiger partial charge in [-0.3, -0.25) is 4.90 Å². The Labute approximate surface area is 172 Å². The zero-order valence-electron chi connectivity index (χ0n) is 17.6. The summed E-state index contributed by atoms with van der Waals surface area (Å²) >= 11 is 0. The number of piperidine rings is 1. The van der Waals surface area contributed by atoms with Gasteiger partial charge >= 0.3 is 0 Å². The second kappa shape index (κ2) is 10.4. The second-order valence-electron chi connectivity index (χ2n) is 7.89. The van der Waals surface area contributed by atoms with Crippen LogP contribution < -0.4 is 10.6 Å². The number of aliphatic imine (C=N–C) groups is 1. The minimum absolute atomic E-state index is 0.183. The van der Waals surface area contributed by atoms with Crippen LogP contribution in [0.4, 0.5) is 4.39 Å². The van der Waals surface area contributed by atoms with Gasteiger partial charge in [0.1, 0.15) is 12.4 Å². The Balaban J connectivity index is 1.48. The molecule has 1 aromatic carbocycles. The lowest BCUT2D eigenvalue weighted by Crippen LogP contribution is -2.48. The molecule has 3 rings (SSSR count). The lowest BCUT2D eigenvalue weighted by atomic mass is 10.0. The van der Waals surface area contributed by atoms with Gasteiger partial charge in [0.15, 0.2) is 11.7 Å². The fourth-order valence-corrected chi connectivity index (χ4v) is 3.43. The van der Waals surface area contributed by atoms with Crippen LogP contribution in [0.5, 0.6) is 0 Å². The molecule has 1 aliphatic rings. The van der Waals surface area contributed by atoms with Gasteiger partial charge in [-0.05, 0) is 43.4 Å². The van der Waals surface area contributed by atoms with Crippen molar-refractivity contribution in [3.63, 3.8) is 0 Å². The van der Waals surface area contributed by atoms with Crippen LogP contribution in [0.25, 0.3) is 0 Å². The molecule has 1 aromatic heterocycles. The summed E-state index contributed by atoms with van der Waals surface area (Å²) < 4.78 is 18.4. The van der Waals surface area contributed by atoms with E-state index in [0.717, 1.165) is 62.0 Å². The van der Waals surface area contributed by atoms with Crippen LogP contribution >= 0.6 is 0 Å². The average molecular weight is 402 g/mol. The molecule has 1 aliphatic heterocycles. The van der Waals surface area contributed by atoms with E-state index >= 15 is 0 Å². The predicted octanol–water partition coefficient (Wildman–Crippen LogP) is 3.66. The maximum Gasteiger partial charge on any atom is 0.191 e. The number of hydrogen-bond acceptors (Lipinski definition) is 4. The molecule has 0 aliphatic carbocycles. The summed E-state index contributed by atoms with van der Waals surface area (Å²) in [7, 11) is 0. The third-order valence-corrected chi connectivity index (χ3v) is 5.15. The summed E-state index contributed by atoms with van der Waals surface area (Å²) in [6.07, 6.45) is 2.09. The van der Waals surface area contributed by atoms with Crippen molar-refractivity contribution in [3.05, 3.63) is 53.2 Å². The lowest BCUT2D eigenvalue weighted by Gasteiger charge is -2.33. The van der Waals surface area contributed by atoms with Gasteiger partial charge in [-0.2, -0.15) is 0 Å². The van der Waals surface area contributed by atoms with Crippen molar-refractivity contribution in [2.45, 2.75) is 58.7 Å².